The molecule has 0 bridgehead atoms. The minimum absolute atomic E-state index is 0.652. The van der Waals surface area contributed by atoms with Gasteiger partial charge in [-0.05, 0) is 18.7 Å². The van der Waals surface area contributed by atoms with Gasteiger partial charge in [-0.15, -0.1) is 0 Å². The van der Waals surface area contributed by atoms with Gasteiger partial charge in [-0.25, -0.2) is 9.97 Å². The van der Waals surface area contributed by atoms with Crippen molar-refractivity contribution in [2.75, 3.05) is 43.4 Å². The second-order valence-corrected chi connectivity index (χ2v) is 5.90. The summed E-state index contributed by atoms with van der Waals surface area (Å²) in [5.41, 5.74) is 1.06. The van der Waals surface area contributed by atoms with E-state index in [1.165, 1.54) is 0 Å². The first kappa shape index (κ1) is 15.1. The number of rotatable bonds is 4. The Morgan fingerprint density at radius 3 is 2.68 bits per heavy atom. The standard InChI is InChI=1S/C16H20ClN5/c1-21-6-8-22(9-7-21)16-10-15(19-12-20-16)18-11-13-4-2-3-5-14(13)17/h2-5,10,12H,6-9,11H2,1H3,(H,18,19,20). The number of hydrogen-bond donors (Lipinski definition) is 1. The number of nitrogens with zero attached hydrogens (tertiary/aromatic N) is 4. The van der Waals surface area contributed by atoms with Crippen LogP contribution in [0.4, 0.5) is 11.6 Å². The molecule has 0 unspecified atom stereocenters. The van der Waals surface area contributed by atoms with Crippen molar-refractivity contribution >= 4 is 23.2 Å². The van der Waals surface area contributed by atoms with Crippen LogP contribution in [0.15, 0.2) is 36.7 Å². The summed E-state index contributed by atoms with van der Waals surface area (Å²) in [5.74, 6) is 1.80. The van der Waals surface area contributed by atoms with Gasteiger partial charge in [-0.2, -0.15) is 0 Å². The number of anilines is 2. The van der Waals surface area contributed by atoms with Crippen molar-refractivity contribution in [2.24, 2.45) is 0 Å². The maximum atomic E-state index is 6.17. The van der Waals surface area contributed by atoms with E-state index in [0.29, 0.717) is 6.54 Å². The third-order valence-corrected chi connectivity index (χ3v) is 4.27. The zero-order valence-electron chi connectivity index (χ0n) is 12.7. The molecule has 1 aliphatic heterocycles. The molecule has 1 saturated heterocycles. The molecule has 0 radical (unpaired) electrons. The lowest BCUT2D eigenvalue weighted by Gasteiger charge is -2.33. The lowest BCUT2D eigenvalue weighted by molar-refractivity contribution is 0.312. The molecule has 5 nitrogen and oxygen atoms in total. The van der Waals surface area contributed by atoms with E-state index in [0.717, 1.165) is 48.4 Å². The number of halogens is 1. The van der Waals surface area contributed by atoms with Crippen molar-refractivity contribution in [3.05, 3.63) is 47.2 Å². The van der Waals surface area contributed by atoms with Gasteiger partial charge in [-0.3, -0.25) is 0 Å². The molecule has 1 aliphatic rings. The van der Waals surface area contributed by atoms with Gasteiger partial charge in [0.1, 0.15) is 18.0 Å². The largest absolute Gasteiger partial charge is 0.366 e. The normalized spacial score (nSPS) is 15.8. The highest BCUT2D eigenvalue weighted by Gasteiger charge is 2.15. The molecule has 0 spiro atoms. The zero-order chi connectivity index (χ0) is 15.4. The third kappa shape index (κ3) is 3.67. The fraction of sp³-hybridized carbons (Fsp3) is 0.375. The number of likely N-dealkylation sites (N-methyl/N-ethyl adjacent to an activating group) is 1. The Morgan fingerprint density at radius 2 is 1.91 bits per heavy atom. The molecule has 22 heavy (non-hydrogen) atoms. The number of hydrogen-bond acceptors (Lipinski definition) is 5. The molecular formula is C16H20ClN5. The highest BCUT2D eigenvalue weighted by molar-refractivity contribution is 6.31. The van der Waals surface area contributed by atoms with Gasteiger partial charge in [-0.1, -0.05) is 29.8 Å². The number of benzene rings is 1. The number of aromatic nitrogens is 2. The fourth-order valence-electron chi connectivity index (χ4n) is 2.48. The van der Waals surface area contributed by atoms with Gasteiger partial charge in [0, 0.05) is 43.8 Å². The molecule has 2 aromatic rings. The SMILES string of the molecule is CN1CCN(c2cc(NCc3ccccc3Cl)ncn2)CC1. The Morgan fingerprint density at radius 1 is 1.14 bits per heavy atom. The van der Waals surface area contributed by atoms with Crippen LogP contribution in [0.2, 0.25) is 5.02 Å². The zero-order valence-corrected chi connectivity index (χ0v) is 13.4. The van der Waals surface area contributed by atoms with Crippen LogP contribution in [-0.4, -0.2) is 48.1 Å². The van der Waals surface area contributed by atoms with Crippen molar-refractivity contribution in [1.82, 2.24) is 14.9 Å². The van der Waals surface area contributed by atoms with Gasteiger partial charge in [0.15, 0.2) is 0 Å². The molecule has 1 N–H and O–H groups in total. The fourth-order valence-corrected chi connectivity index (χ4v) is 2.68. The number of piperazine rings is 1. The van der Waals surface area contributed by atoms with E-state index in [9.17, 15) is 0 Å². The van der Waals surface area contributed by atoms with Gasteiger partial charge < -0.3 is 15.1 Å². The Bertz CT molecular complexity index is 625. The Kier molecular flexibility index (Phi) is 4.75. The maximum Gasteiger partial charge on any atom is 0.134 e. The molecule has 116 valence electrons. The second kappa shape index (κ2) is 6.94. The maximum absolute atomic E-state index is 6.17. The molecule has 0 aliphatic carbocycles. The van der Waals surface area contributed by atoms with Crippen molar-refractivity contribution in [2.45, 2.75) is 6.54 Å². The molecule has 0 amide bonds. The van der Waals surface area contributed by atoms with Crippen molar-refractivity contribution in [3.63, 3.8) is 0 Å². The molecular weight excluding hydrogens is 298 g/mol. The molecule has 0 atom stereocenters. The first-order chi connectivity index (χ1) is 10.7. The summed E-state index contributed by atoms with van der Waals surface area (Å²) < 4.78 is 0. The summed E-state index contributed by atoms with van der Waals surface area (Å²) >= 11 is 6.17. The predicted octanol–water partition coefficient (Wildman–Crippen LogP) is 2.49. The Balaban J connectivity index is 1.65. The van der Waals surface area contributed by atoms with Crippen LogP contribution in [0.5, 0.6) is 0 Å². The van der Waals surface area contributed by atoms with Crippen LogP contribution in [0.3, 0.4) is 0 Å². The van der Waals surface area contributed by atoms with Crippen molar-refractivity contribution in [1.29, 1.82) is 0 Å². The van der Waals surface area contributed by atoms with E-state index >= 15 is 0 Å². The van der Waals surface area contributed by atoms with Crippen LogP contribution < -0.4 is 10.2 Å². The molecule has 1 aromatic heterocycles. The van der Waals surface area contributed by atoms with E-state index in [1.54, 1.807) is 6.33 Å². The van der Waals surface area contributed by atoms with Crippen LogP contribution >= 0.6 is 11.6 Å². The smallest absolute Gasteiger partial charge is 0.134 e. The summed E-state index contributed by atoms with van der Waals surface area (Å²) in [7, 11) is 2.15. The third-order valence-electron chi connectivity index (χ3n) is 3.90. The molecule has 2 heterocycles. The minimum Gasteiger partial charge on any atom is -0.366 e. The Hall–Kier alpha value is -1.85. The first-order valence-electron chi connectivity index (χ1n) is 7.45. The minimum atomic E-state index is 0.652. The van der Waals surface area contributed by atoms with Gasteiger partial charge >= 0.3 is 0 Å². The quantitative estimate of drug-likeness (QED) is 0.938. The highest BCUT2D eigenvalue weighted by atomic mass is 35.5. The summed E-state index contributed by atoms with van der Waals surface area (Å²) in [6.45, 7) is 4.77. The van der Waals surface area contributed by atoms with Crippen molar-refractivity contribution < 1.29 is 0 Å². The first-order valence-corrected chi connectivity index (χ1v) is 7.83. The van der Waals surface area contributed by atoms with E-state index < -0.39 is 0 Å². The van der Waals surface area contributed by atoms with Gasteiger partial charge in [0.2, 0.25) is 0 Å². The molecule has 0 saturated carbocycles. The average Bonchev–Trinajstić information content (AvgIpc) is 2.55. The monoisotopic (exact) mass is 317 g/mol. The Labute approximate surface area is 135 Å². The number of nitrogens with one attached hydrogen (secondary N) is 1. The molecule has 1 aromatic carbocycles. The van der Waals surface area contributed by atoms with E-state index in [-0.39, 0.29) is 0 Å². The summed E-state index contributed by atoms with van der Waals surface area (Å²) in [6, 6.07) is 9.83. The molecule has 1 fully saturated rings. The topological polar surface area (TPSA) is 44.3 Å². The second-order valence-electron chi connectivity index (χ2n) is 5.50. The van der Waals surface area contributed by atoms with Crippen LogP contribution in [0.1, 0.15) is 5.56 Å². The van der Waals surface area contributed by atoms with E-state index in [2.05, 4.69) is 32.1 Å². The van der Waals surface area contributed by atoms with Gasteiger partial charge in [0.05, 0.1) is 0 Å². The van der Waals surface area contributed by atoms with Crippen LogP contribution in [0, 0.1) is 0 Å². The van der Waals surface area contributed by atoms with E-state index in [4.69, 9.17) is 11.6 Å². The van der Waals surface area contributed by atoms with Gasteiger partial charge in [0.25, 0.3) is 0 Å². The predicted molar refractivity (Wildman–Crippen MR) is 90.5 cm³/mol. The summed E-state index contributed by atoms with van der Waals surface area (Å²) in [5, 5.41) is 4.08. The van der Waals surface area contributed by atoms with Crippen LogP contribution in [0.25, 0.3) is 0 Å². The molecule has 3 rings (SSSR count). The lowest BCUT2D eigenvalue weighted by Crippen LogP contribution is -2.44. The van der Waals surface area contributed by atoms with Crippen molar-refractivity contribution in [3.8, 4) is 0 Å². The summed E-state index contributed by atoms with van der Waals surface area (Å²) in [4.78, 5) is 13.3. The highest BCUT2D eigenvalue weighted by Crippen LogP contribution is 2.19. The van der Waals surface area contributed by atoms with E-state index in [1.807, 2.05) is 30.3 Å². The summed E-state index contributed by atoms with van der Waals surface area (Å²) in [6.07, 6.45) is 1.61. The lowest BCUT2D eigenvalue weighted by atomic mass is 10.2. The molecule has 6 heteroatoms. The van der Waals surface area contributed by atoms with Crippen LogP contribution in [-0.2, 0) is 6.54 Å². The average molecular weight is 318 g/mol.